The summed E-state index contributed by atoms with van der Waals surface area (Å²) < 4.78 is 0. The summed E-state index contributed by atoms with van der Waals surface area (Å²) in [5.74, 6) is 0.520. The van der Waals surface area contributed by atoms with E-state index in [2.05, 4.69) is 43.4 Å². The van der Waals surface area contributed by atoms with Gasteiger partial charge in [-0.25, -0.2) is 0 Å². The third kappa shape index (κ3) is 2.63. The van der Waals surface area contributed by atoms with Crippen molar-refractivity contribution in [2.45, 2.75) is 39.2 Å². The molecular weight excluding hydrogens is 198 g/mol. The van der Waals surface area contributed by atoms with Crippen molar-refractivity contribution in [1.82, 2.24) is 5.32 Å². The van der Waals surface area contributed by atoms with Crippen molar-refractivity contribution in [1.29, 1.82) is 0 Å². The maximum absolute atomic E-state index is 11.7. The van der Waals surface area contributed by atoms with Crippen LogP contribution in [0.2, 0.25) is 0 Å². The van der Waals surface area contributed by atoms with Gasteiger partial charge in [0.2, 0.25) is 5.91 Å². The minimum atomic E-state index is 0.175. The van der Waals surface area contributed by atoms with Gasteiger partial charge in [0.25, 0.3) is 0 Å². The van der Waals surface area contributed by atoms with Crippen molar-refractivity contribution in [3.63, 3.8) is 0 Å². The van der Waals surface area contributed by atoms with Crippen LogP contribution in [-0.2, 0) is 4.79 Å². The zero-order valence-corrected chi connectivity index (χ0v) is 9.99. The van der Waals surface area contributed by atoms with Gasteiger partial charge in [-0.1, -0.05) is 36.8 Å². The number of aryl methyl sites for hydroxylation is 1. The van der Waals surface area contributed by atoms with Crippen LogP contribution in [0.25, 0.3) is 0 Å². The monoisotopic (exact) mass is 217 g/mol. The van der Waals surface area contributed by atoms with E-state index in [0.717, 1.165) is 19.3 Å². The molecule has 2 nitrogen and oxygen atoms in total. The highest BCUT2D eigenvalue weighted by molar-refractivity contribution is 5.81. The number of carbonyl (C=O) groups excluding carboxylic acids is 1. The molecule has 0 unspecified atom stereocenters. The van der Waals surface area contributed by atoms with Crippen LogP contribution < -0.4 is 5.32 Å². The van der Waals surface area contributed by atoms with Gasteiger partial charge >= 0.3 is 0 Å². The van der Waals surface area contributed by atoms with Crippen LogP contribution in [0.5, 0.6) is 0 Å². The predicted molar refractivity (Wildman–Crippen MR) is 65.1 cm³/mol. The molecule has 1 aliphatic rings. The van der Waals surface area contributed by atoms with Crippen molar-refractivity contribution in [3.05, 3.63) is 35.4 Å². The predicted octanol–water partition coefficient (Wildman–Crippen LogP) is 2.97. The summed E-state index contributed by atoms with van der Waals surface area (Å²) in [5, 5.41) is 3.13. The van der Waals surface area contributed by atoms with Crippen LogP contribution in [0.1, 0.15) is 43.4 Å². The van der Waals surface area contributed by atoms with Gasteiger partial charge in [0.1, 0.15) is 0 Å². The number of nitrogens with one attached hydrogen (secondary N) is 1. The summed E-state index contributed by atoms with van der Waals surface area (Å²) in [4.78, 5) is 11.7. The van der Waals surface area contributed by atoms with Crippen molar-refractivity contribution in [2.75, 3.05) is 0 Å². The second-order valence-corrected chi connectivity index (χ2v) is 4.65. The quantitative estimate of drug-likeness (QED) is 0.825. The number of benzene rings is 1. The lowest BCUT2D eigenvalue weighted by atomic mass is 10.0. The molecule has 0 saturated heterocycles. The van der Waals surface area contributed by atoms with E-state index in [1.807, 2.05) is 0 Å². The second kappa shape index (κ2) is 4.69. The van der Waals surface area contributed by atoms with E-state index in [0.29, 0.717) is 5.92 Å². The molecule has 0 bridgehead atoms. The SMILES string of the molecule is CC[C@H](NC(=O)C1CC1)c1ccc(C)cc1. The van der Waals surface area contributed by atoms with Gasteiger partial charge in [-0.15, -0.1) is 0 Å². The van der Waals surface area contributed by atoms with Crippen LogP contribution in [0.3, 0.4) is 0 Å². The Morgan fingerprint density at radius 1 is 1.38 bits per heavy atom. The van der Waals surface area contributed by atoms with Crippen LogP contribution in [-0.4, -0.2) is 5.91 Å². The number of hydrogen-bond donors (Lipinski definition) is 1. The van der Waals surface area contributed by atoms with Crippen LogP contribution in [0.15, 0.2) is 24.3 Å². The van der Waals surface area contributed by atoms with Gasteiger partial charge in [0.05, 0.1) is 6.04 Å². The number of carbonyl (C=O) groups is 1. The maximum atomic E-state index is 11.7. The molecule has 1 aromatic rings. The maximum Gasteiger partial charge on any atom is 0.223 e. The third-order valence-corrected chi connectivity index (χ3v) is 3.15. The first-order valence-electron chi connectivity index (χ1n) is 6.07. The van der Waals surface area contributed by atoms with Crippen molar-refractivity contribution >= 4 is 5.91 Å². The highest BCUT2D eigenvalue weighted by Gasteiger charge is 2.30. The molecule has 0 radical (unpaired) electrons. The molecule has 2 rings (SSSR count). The summed E-state index contributed by atoms with van der Waals surface area (Å²) in [5.41, 5.74) is 2.47. The first-order valence-corrected chi connectivity index (χ1v) is 6.07. The zero-order chi connectivity index (χ0) is 11.5. The molecule has 0 heterocycles. The lowest BCUT2D eigenvalue weighted by Crippen LogP contribution is -2.29. The van der Waals surface area contributed by atoms with E-state index in [9.17, 15) is 4.79 Å². The van der Waals surface area contributed by atoms with E-state index in [4.69, 9.17) is 0 Å². The van der Waals surface area contributed by atoms with E-state index < -0.39 is 0 Å². The van der Waals surface area contributed by atoms with E-state index in [1.165, 1.54) is 11.1 Å². The molecule has 86 valence electrons. The number of rotatable bonds is 4. The minimum Gasteiger partial charge on any atom is -0.349 e. The van der Waals surface area contributed by atoms with Gasteiger partial charge < -0.3 is 5.32 Å². The second-order valence-electron chi connectivity index (χ2n) is 4.65. The Hall–Kier alpha value is -1.31. The summed E-state index contributed by atoms with van der Waals surface area (Å²) in [6, 6.07) is 8.59. The third-order valence-electron chi connectivity index (χ3n) is 3.15. The van der Waals surface area contributed by atoms with E-state index in [1.54, 1.807) is 0 Å². The lowest BCUT2D eigenvalue weighted by Gasteiger charge is -2.17. The normalized spacial score (nSPS) is 16.9. The van der Waals surface area contributed by atoms with Gasteiger partial charge in [-0.05, 0) is 31.7 Å². The molecule has 1 amide bonds. The van der Waals surface area contributed by atoms with Gasteiger partial charge in [-0.3, -0.25) is 4.79 Å². The van der Waals surface area contributed by atoms with E-state index >= 15 is 0 Å². The average Bonchev–Trinajstić information content (AvgIpc) is 3.11. The van der Waals surface area contributed by atoms with Crippen molar-refractivity contribution in [3.8, 4) is 0 Å². The highest BCUT2D eigenvalue weighted by Crippen LogP contribution is 2.30. The Labute approximate surface area is 97.1 Å². The zero-order valence-electron chi connectivity index (χ0n) is 9.99. The first kappa shape index (κ1) is 11.2. The molecule has 2 heteroatoms. The van der Waals surface area contributed by atoms with Gasteiger partial charge in [0.15, 0.2) is 0 Å². The topological polar surface area (TPSA) is 29.1 Å². The Kier molecular flexibility index (Phi) is 3.28. The molecule has 1 aromatic carbocycles. The fourth-order valence-electron chi connectivity index (χ4n) is 1.85. The lowest BCUT2D eigenvalue weighted by molar-refractivity contribution is -0.123. The summed E-state index contributed by atoms with van der Waals surface area (Å²) in [6.07, 6.45) is 3.08. The number of hydrogen-bond acceptors (Lipinski definition) is 1. The Bertz CT molecular complexity index is 365. The van der Waals surface area contributed by atoms with Crippen molar-refractivity contribution in [2.24, 2.45) is 5.92 Å². The van der Waals surface area contributed by atoms with Crippen LogP contribution >= 0.6 is 0 Å². The Balaban J connectivity index is 2.03. The largest absolute Gasteiger partial charge is 0.349 e. The fraction of sp³-hybridized carbons (Fsp3) is 0.500. The highest BCUT2D eigenvalue weighted by atomic mass is 16.2. The molecule has 1 fully saturated rings. The Morgan fingerprint density at radius 2 is 2.00 bits per heavy atom. The minimum absolute atomic E-state index is 0.175. The molecule has 1 N–H and O–H groups in total. The molecule has 0 spiro atoms. The number of amides is 1. The standard InChI is InChI=1S/C14H19NO/c1-3-13(15-14(16)12-8-9-12)11-6-4-10(2)5-7-11/h4-7,12-13H,3,8-9H2,1-2H3,(H,15,16)/t13-/m0/s1. The molecule has 16 heavy (non-hydrogen) atoms. The summed E-state index contributed by atoms with van der Waals surface area (Å²) in [6.45, 7) is 4.19. The molecule has 1 aliphatic carbocycles. The summed E-state index contributed by atoms with van der Waals surface area (Å²) in [7, 11) is 0. The fourth-order valence-corrected chi connectivity index (χ4v) is 1.85. The van der Waals surface area contributed by atoms with Crippen LogP contribution in [0, 0.1) is 12.8 Å². The average molecular weight is 217 g/mol. The van der Waals surface area contributed by atoms with Gasteiger partial charge in [-0.2, -0.15) is 0 Å². The smallest absolute Gasteiger partial charge is 0.223 e. The summed E-state index contributed by atoms with van der Waals surface area (Å²) >= 11 is 0. The van der Waals surface area contributed by atoms with Crippen molar-refractivity contribution < 1.29 is 4.79 Å². The Morgan fingerprint density at radius 3 is 2.50 bits per heavy atom. The molecule has 1 saturated carbocycles. The molecular formula is C14H19NO. The van der Waals surface area contributed by atoms with Crippen LogP contribution in [0.4, 0.5) is 0 Å². The van der Waals surface area contributed by atoms with E-state index in [-0.39, 0.29) is 11.9 Å². The molecule has 1 atom stereocenters. The molecule has 0 aromatic heterocycles. The molecule has 0 aliphatic heterocycles. The van der Waals surface area contributed by atoms with Gasteiger partial charge in [0, 0.05) is 5.92 Å². The first-order chi connectivity index (χ1) is 7.70.